The van der Waals surface area contributed by atoms with Gasteiger partial charge in [0, 0.05) is 50.5 Å². The van der Waals surface area contributed by atoms with Crippen LogP contribution in [0.2, 0.25) is 5.02 Å². The second-order valence-electron chi connectivity index (χ2n) is 8.93. The topological polar surface area (TPSA) is 71.5 Å². The second kappa shape index (κ2) is 9.54. The average Bonchev–Trinajstić information content (AvgIpc) is 3.24. The summed E-state index contributed by atoms with van der Waals surface area (Å²) in [6.45, 7) is 3.90. The summed E-state index contributed by atoms with van der Waals surface area (Å²) in [5.74, 6) is 0.537. The number of fused-ring (bicyclic) bond motifs is 1. The molecule has 3 amide bonds. The number of anilines is 1. The molecule has 2 unspecified atom stereocenters. The highest BCUT2D eigenvalue weighted by molar-refractivity contribution is 6.30. The van der Waals surface area contributed by atoms with Gasteiger partial charge in [-0.15, -0.1) is 0 Å². The fourth-order valence-electron chi connectivity index (χ4n) is 4.95. The van der Waals surface area contributed by atoms with Crippen LogP contribution in [0.5, 0.6) is 0 Å². The van der Waals surface area contributed by atoms with E-state index in [1.807, 2.05) is 36.4 Å². The van der Waals surface area contributed by atoms with Crippen LogP contribution < -0.4 is 10.2 Å². The molecule has 1 N–H and O–H groups in total. The molecule has 2 aromatic carbocycles. The van der Waals surface area contributed by atoms with E-state index in [1.54, 1.807) is 7.05 Å². The van der Waals surface area contributed by atoms with Gasteiger partial charge in [-0.3, -0.25) is 10.1 Å². The Balaban J connectivity index is 1.32. The van der Waals surface area contributed by atoms with E-state index in [9.17, 15) is 9.59 Å². The molecule has 0 bridgehead atoms. The molecule has 0 aliphatic carbocycles. The van der Waals surface area contributed by atoms with Crippen LogP contribution in [0, 0.1) is 0 Å². The van der Waals surface area contributed by atoms with Gasteiger partial charge in [0.05, 0.1) is 0 Å². The lowest BCUT2D eigenvalue weighted by molar-refractivity contribution is -0.127. The quantitative estimate of drug-likeness (QED) is 0.712. The van der Waals surface area contributed by atoms with E-state index in [4.69, 9.17) is 16.6 Å². The zero-order chi connectivity index (χ0) is 23.7. The van der Waals surface area contributed by atoms with Crippen molar-refractivity contribution in [1.82, 2.24) is 20.0 Å². The molecule has 2 aromatic rings. The minimum atomic E-state index is -0.501. The lowest BCUT2D eigenvalue weighted by atomic mass is 10.1. The van der Waals surface area contributed by atoms with Gasteiger partial charge in [-0.2, -0.15) is 0 Å². The molecule has 3 aliphatic heterocycles. The van der Waals surface area contributed by atoms with Gasteiger partial charge < -0.3 is 19.6 Å². The molecule has 2 atom stereocenters. The van der Waals surface area contributed by atoms with Gasteiger partial charge in [0.1, 0.15) is 0 Å². The molecule has 0 radical (unpaired) electrons. The lowest BCUT2D eigenvalue weighted by Crippen LogP contribution is -2.64. The minimum Gasteiger partial charge on any atom is -0.368 e. The second-order valence-corrected chi connectivity index (χ2v) is 9.37. The van der Waals surface area contributed by atoms with E-state index in [2.05, 4.69) is 38.2 Å². The number of amides is 3. The summed E-state index contributed by atoms with van der Waals surface area (Å²) >= 11 is 6.18. The first-order valence-electron chi connectivity index (χ1n) is 11.7. The monoisotopic (exact) mass is 480 g/mol. The van der Waals surface area contributed by atoms with E-state index in [0.717, 1.165) is 55.7 Å². The Morgan fingerprint density at radius 2 is 1.74 bits per heavy atom. The van der Waals surface area contributed by atoms with Gasteiger partial charge in [0.2, 0.25) is 0 Å². The number of carbonyl (C=O) groups is 2. The van der Waals surface area contributed by atoms with Crippen LogP contribution in [-0.4, -0.2) is 84.6 Å². The van der Waals surface area contributed by atoms with E-state index < -0.39 is 18.2 Å². The Hall–Kier alpha value is -3.26. The van der Waals surface area contributed by atoms with Crippen molar-refractivity contribution in [3.8, 4) is 0 Å². The van der Waals surface area contributed by atoms with Gasteiger partial charge in [0.25, 0.3) is 5.91 Å². The Morgan fingerprint density at radius 3 is 2.47 bits per heavy atom. The van der Waals surface area contributed by atoms with Gasteiger partial charge >= 0.3 is 6.03 Å². The summed E-state index contributed by atoms with van der Waals surface area (Å²) < 4.78 is 0. The van der Waals surface area contributed by atoms with Crippen molar-refractivity contribution in [1.29, 1.82) is 0 Å². The zero-order valence-electron chi connectivity index (χ0n) is 19.2. The number of aryl methyl sites for hydroxylation is 1. The first-order valence-corrected chi connectivity index (χ1v) is 12.1. The van der Waals surface area contributed by atoms with E-state index in [0.29, 0.717) is 6.54 Å². The fourth-order valence-corrected chi connectivity index (χ4v) is 5.13. The molecule has 0 aromatic heterocycles. The number of nitrogens with zero attached hydrogens (tertiary/aromatic N) is 5. The summed E-state index contributed by atoms with van der Waals surface area (Å²) in [7, 11) is 1.70. The van der Waals surface area contributed by atoms with Crippen molar-refractivity contribution in [2.45, 2.75) is 25.0 Å². The number of aliphatic imine (C=N–C) groups is 1. The minimum absolute atomic E-state index is 0.274. The molecule has 34 heavy (non-hydrogen) atoms. The Morgan fingerprint density at radius 1 is 1.00 bits per heavy atom. The maximum absolute atomic E-state index is 12.9. The highest BCUT2D eigenvalue weighted by atomic mass is 35.5. The fraction of sp³-hybridized carbons (Fsp3) is 0.400. The standard InChI is InChI=1S/C25H29ClN6O2/c1-29-22-21(23(33)28-25(29)34)32(12-6-9-18-7-3-2-4-8-18)24(27-22)31-15-13-30(14-16-31)20-11-5-10-19(26)17-20/h2-5,7-8,10-11,17,21-22H,6,9,12-16H2,1H3,(H,28,33,34). The van der Waals surface area contributed by atoms with Gasteiger partial charge in [-0.05, 0) is 36.6 Å². The highest BCUT2D eigenvalue weighted by Gasteiger charge is 2.49. The van der Waals surface area contributed by atoms with Crippen LogP contribution in [0.3, 0.4) is 0 Å². The largest absolute Gasteiger partial charge is 0.368 e. The molecule has 8 nitrogen and oxygen atoms in total. The van der Waals surface area contributed by atoms with Crippen LogP contribution in [0.15, 0.2) is 59.6 Å². The summed E-state index contributed by atoms with van der Waals surface area (Å²) in [6.07, 6.45) is 1.31. The lowest BCUT2D eigenvalue weighted by Gasteiger charge is -2.41. The van der Waals surface area contributed by atoms with E-state index >= 15 is 0 Å². The molecule has 0 saturated carbocycles. The molecule has 0 spiro atoms. The van der Waals surface area contributed by atoms with Crippen molar-refractivity contribution in [3.63, 3.8) is 0 Å². The summed E-state index contributed by atoms with van der Waals surface area (Å²) in [5.41, 5.74) is 2.38. The number of carbonyl (C=O) groups excluding carboxylic acids is 2. The average molecular weight is 481 g/mol. The number of likely N-dealkylation sites (N-methyl/N-ethyl adjacent to an activating group) is 1. The summed E-state index contributed by atoms with van der Waals surface area (Å²) in [4.78, 5) is 38.2. The molecule has 2 saturated heterocycles. The Bertz CT molecular complexity index is 1090. The maximum atomic E-state index is 12.9. The smallest absolute Gasteiger partial charge is 0.325 e. The number of guanidine groups is 1. The maximum Gasteiger partial charge on any atom is 0.325 e. The molecular weight excluding hydrogens is 452 g/mol. The van der Waals surface area contributed by atoms with Gasteiger partial charge in [-0.25, -0.2) is 9.79 Å². The summed E-state index contributed by atoms with van der Waals surface area (Å²) in [5, 5.41) is 3.22. The number of halogens is 1. The first kappa shape index (κ1) is 22.5. The molecule has 9 heteroatoms. The van der Waals surface area contributed by atoms with Crippen LogP contribution in [0.1, 0.15) is 12.0 Å². The van der Waals surface area contributed by atoms with Crippen LogP contribution >= 0.6 is 11.6 Å². The predicted octanol–water partition coefficient (Wildman–Crippen LogP) is 2.64. The summed E-state index contributed by atoms with van der Waals surface area (Å²) in [6, 6.07) is 17.4. The number of benzene rings is 2. The van der Waals surface area contributed by atoms with Crippen LogP contribution in [0.4, 0.5) is 10.5 Å². The molecule has 2 fully saturated rings. The number of urea groups is 1. The van der Waals surface area contributed by atoms with Gasteiger partial charge in [-0.1, -0.05) is 48.0 Å². The zero-order valence-corrected chi connectivity index (χ0v) is 20.0. The molecule has 3 aliphatic rings. The molecular formula is C25H29ClN6O2. The number of hydrogen-bond donors (Lipinski definition) is 1. The molecule has 178 valence electrons. The van der Waals surface area contributed by atoms with Crippen molar-refractivity contribution in [3.05, 3.63) is 65.2 Å². The van der Waals surface area contributed by atoms with Crippen molar-refractivity contribution in [2.75, 3.05) is 44.7 Å². The predicted molar refractivity (Wildman–Crippen MR) is 133 cm³/mol. The highest BCUT2D eigenvalue weighted by Crippen LogP contribution is 2.27. The first-order chi connectivity index (χ1) is 16.5. The van der Waals surface area contributed by atoms with E-state index in [1.165, 1.54) is 10.5 Å². The third-order valence-corrected chi connectivity index (χ3v) is 7.02. The number of piperazine rings is 1. The molecule has 5 rings (SSSR count). The SMILES string of the molecule is CN1C(=O)NC(=O)C2C1N=C(N1CCN(c3cccc(Cl)c3)CC1)N2CCCc1ccccc1. The van der Waals surface area contributed by atoms with Crippen molar-refractivity contribution in [2.24, 2.45) is 4.99 Å². The Labute approximate surface area is 204 Å². The Kier molecular flexibility index (Phi) is 6.32. The number of hydrogen-bond acceptors (Lipinski definition) is 6. The van der Waals surface area contributed by atoms with E-state index in [-0.39, 0.29) is 5.91 Å². The van der Waals surface area contributed by atoms with Crippen molar-refractivity contribution >= 4 is 35.2 Å². The normalized spacial score (nSPS) is 22.6. The number of rotatable bonds is 5. The van der Waals surface area contributed by atoms with Crippen molar-refractivity contribution < 1.29 is 9.59 Å². The molecule has 3 heterocycles. The van der Waals surface area contributed by atoms with Crippen LogP contribution in [-0.2, 0) is 11.2 Å². The van der Waals surface area contributed by atoms with Gasteiger partial charge in [0.15, 0.2) is 18.2 Å². The third kappa shape index (κ3) is 4.42. The van der Waals surface area contributed by atoms with Crippen LogP contribution in [0.25, 0.3) is 0 Å². The number of imide groups is 1. The third-order valence-electron chi connectivity index (χ3n) is 6.78. The number of nitrogens with one attached hydrogen (secondary N) is 1.